The standard InChI is InChI=1S/C17H20N2O3.C16H18N2O3.Li.2H2O.2H2S/c1-10-11(2)18-13(4)19-16(10)22-12(3)14-6-8-15(9-7-14)17(20)21-5;1-9-10(2)17-12(4)18-15(9)21-11(3)13-5-7-14(8-6-13)16(19)20;;;;;/h6-9,12H,1-5H3;5-8,11H,1-4H3,(H,19,20);;4*1H2/q;;+1;;;;/p-1/t12-;11-;;;;;/m00...../s1. The fourth-order valence-electron chi connectivity index (χ4n) is 4.08. The second-order valence-electron chi connectivity index (χ2n) is 10.1. The number of carboxylic acid groups (broad SMARTS) is 1. The Bertz CT molecular complexity index is 1610. The number of carboxylic acids is 1. The molecule has 0 spiro atoms. The molecular weight excluding hydrogens is 651 g/mol. The van der Waals surface area contributed by atoms with E-state index >= 15 is 0 Å². The molecule has 0 aliphatic rings. The van der Waals surface area contributed by atoms with Crippen molar-refractivity contribution in [3.63, 3.8) is 0 Å². The van der Waals surface area contributed by atoms with E-state index in [2.05, 4.69) is 24.7 Å². The summed E-state index contributed by atoms with van der Waals surface area (Å²) < 4.78 is 16.5. The van der Waals surface area contributed by atoms with E-state index in [9.17, 15) is 9.59 Å². The Hall–Kier alpha value is -3.64. The normalized spacial score (nSPS) is 10.7. The van der Waals surface area contributed by atoms with Gasteiger partial charge in [0, 0.05) is 22.5 Å². The Kier molecular flexibility index (Phi) is 22.4. The number of aromatic carboxylic acids is 1. The molecule has 4 N–H and O–H groups in total. The summed E-state index contributed by atoms with van der Waals surface area (Å²) in [7, 11) is 1.37. The van der Waals surface area contributed by atoms with Crippen molar-refractivity contribution in [2.24, 2.45) is 0 Å². The van der Waals surface area contributed by atoms with Crippen LogP contribution in [0.1, 0.15) is 92.1 Å². The van der Waals surface area contributed by atoms with Crippen molar-refractivity contribution in [2.45, 2.75) is 67.6 Å². The van der Waals surface area contributed by atoms with Crippen LogP contribution in [0.2, 0.25) is 0 Å². The maximum Gasteiger partial charge on any atom is 1.00 e. The molecule has 4 aromatic rings. The van der Waals surface area contributed by atoms with E-state index in [0.717, 1.165) is 33.6 Å². The number of ether oxygens (including phenoxy) is 3. The van der Waals surface area contributed by atoms with Crippen LogP contribution in [0.5, 0.6) is 11.8 Å². The predicted molar refractivity (Wildman–Crippen MR) is 188 cm³/mol. The number of aromatic nitrogens is 4. The van der Waals surface area contributed by atoms with Gasteiger partial charge >= 0.3 is 30.8 Å². The maximum atomic E-state index is 11.4. The van der Waals surface area contributed by atoms with Crippen LogP contribution >= 0.6 is 27.0 Å². The molecule has 15 heteroatoms. The van der Waals surface area contributed by atoms with Crippen molar-refractivity contribution >= 4 is 38.9 Å². The number of aryl methyl sites for hydroxylation is 4. The molecule has 0 fully saturated rings. The number of carbonyl (C=O) groups is 2. The smallest absolute Gasteiger partial charge is 0.870 e. The summed E-state index contributed by atoms with van der Waals surface area (Å²) in [5, 5.41) is 8.90. The minimum atomic E-state index is -0.937. The van der Waals surface area contributed by atoms with Gasteiger partial charge in [0.2, 0.25) is 11.8 Å². The average molecular weight is 697 g/mol. The Morgan fingerprint density at radius 1 is 0.646 bits per heavy atom. The van der Waals surface area contributed by atoms with E-state index in [1.807, 2.05) is 67.5 Å². The molecule has 2 aromatic carbocycles. The number of nitrogens with zero attached hydrogens (tertiary/aromatic N) is 4. The first-order chi connectivity index (χ1) is 20.3. The van der Waals surface area contributed by atoms with Crippen LogP contribution in [0, 0.1) is 41.5 Å². The first-order valence-electron chi connectivity index (χ1n) is 13.8. The van der Waals surface area contributed by atoms with Gasteiger partial charge in [-0.05, 0) is 90.8 Å². The summed E-state index contributed by atoms with van der Waals surface area (Å²) in [6.07, 6.45) is -0.403. The summed E-state index contributed by atoms with van der Waals surface area (Å²) >= 11 is 0. The van der Waals surface area contributed by atoms with Gasteiger partial charge in [-0.1, -0.05) is 24.3 Å². The van der Waals surface area contributed by atoms with Crippen molar-refractivity contribution < 1.29 is 58.7 Å². The van der Waals surface area contributed by atoms with Gasteiger partial charge in [-0.25, -0.2) is 19.6 Å². The fraction of sp³-hybridized carbons (Fsp3) is 0.333. The van der Waals surface area contributed by atoms with Gasteiger partial charge < -0.3 is 30.3 Å². The molecule has 4 rings (SSSR count). The summed E-state index contributed by atoms with van der Waals surface area (Å²) in [4.78, 5) is 39.5. The number of carbonyl (C=O) groups excluding carboxylic acids is 1. The van der Waals surface area contributed by atoms with E-state index in [-0.39, 0.29) is 80.5 Å². The van der Waals surface area contributed by atoms with Gasteiger partial charge in [0.15, 0.2) is 0 Å². The molecular formula is C33H45LiN4O8S2. The van der Waals surface area contributed by atoms with E-state index in [1.54, 1.807) is 36.4 Å². The number of methoxy groups -OCH3 is 1. The van der Waals surface area contributed by atoms with Crippen molar-refractivity contribution in [2.75, 3.05) is 7.11 Å². The molecule has 0 unspecified atom stereocenters. The van der Waals surface area contributed by atoms with Crippen LogP contribution in [0.3, 0.4) is 0 Å². The van der Waals surface area contributed by atoms with E-state index in [0.29, 0.717) is 29.0 Å². The topological polar surface area (TPSA) is 195 Å². The number of rotatable bonds is 8. The zero-order valence-electron chi connectivity index (χ0n) is 29.0. The second kappa shape index (κ2) is 22.1. The molecule has 2 atom stereocenters. The monoisotopic (exact) mass is 696 g/mol. The first kappa shape index (κ1) is 48.8. The predicted octanol–water partition coefficient (Wildman–Crippen LogP) is 2.80. The van der Waals surface area contributed by atoms with Crippen molar-refractivity contribution in [1.82, 2.24) is 19.9 Å². The third kappa shape index (κ3) is 13.1. The van der Waals surface area contributed by atoms with Gasteiger partial charge in [0.25, 0.3) is 0 Å². The molecule has 0 radical (unpaired) electrons. The van der Waals surface area contributed by atoms with Crippen LogP contribution in [-0.4, -0.2) is 55.0 Å². The average Bonchev–Trinajstić information content (AvgIpc) is 2.98. The maximum absolute atomic E-state index is 11.4. The molecule has 0 bridgehead atoms. The summed E-state index contributed by atoms with van der Waals surface area (Å²) in [5.41, 5.74) is 6.29. The third-order valence-electron chi connectivity index (χ3n) is 6.92. The van der Waals surface area contributed by atoms with Gasteiger partial charge in [-0.3, -0.25) is 0 Å². The Balaban J connectivity index is -0.000000765. The molecule has 0 amide bonds. The zero-order chi connectivity index (χ0) is 31.8. The van der Waals surface area contributed by atoms with E-state index in [1.165, 1.54) is 7.11 Å². The molecule has 2 heterocycles. The quantitative estimate of drug-likeness (QED) is 0.210. The van der Waals surface area contributed by atoms with E-state index < -0.39 is 5.97 Å². The minimum Gasteiger partial charge on any atom is -0.870 e. The molecule has 0 saturated carbocycles. The van der Waals surface area contributed by atoms with Crippen LogP contribution < -0.4 is 28.3 Å². The summed E-state index contributed by atoms with van der Waals surface area (Å²) in [6, 6.07) is 13.8. The summed E-state index contributed by atoms with van der Waals surface area (Å²) in [6.45, 7) is 15.2. The minimum absolute atomic E-state index is 0. The molecule has 12 nitrogen and oxygen atoms in total. The Morgan fingerprint density at radius 3 is 1.29 bits per heavy atom. The molecule has 0 aliphatic carbocycles. The van der Waals surface area contributed by atoms with E-state index in [4.69, 9.17) is 14.6 Å². The van der Waals surface area contributed by atoms with Gasteiger partial charge in [-0.2, -0.15) is 37.0 Å². The second-order valence-corrected chi connectivity index (χ2v) is 10.1. The molecule has 0 saturated heterocycles. The Labute approximate surface area is 307 Å². The van der Waals surface area contributed by atoms with Crippen LogP contribution in [-0.2, 0) is 4.74 Å². The number of hydrogen-bond donors (Lipinski definition) is 1. The Morgan fingerprint density at radius 2 is 0.979 bits per heavy atom. The van der Waals surface area contributed by atoms with Crippen LogP contribution in [0.25, 0.3) is 0 Å². The molecule has 0 aliphatic heterocycles. The first-order valence-corrected chi connectivity index (χ1v) is 13.8. The third-order valence-corrected chi connectivity index (χ3v) is 6.92. The van der Waals surface area contributed by atoms with Gasteiger partial charge in [0.1, 0.15) is 23.9 Å². The molecule has 48 heavy (non-hydrogen) atoms. The summed E-state index contributed by atoms with van der Waals surface area (Å²) in [5.74, 6) is 1.23. The largest absolute Gasteiger partial charge is 1.00 e. The SMILES string of the molecule is COC(=O)c1ccc([C@H](C)Oc2nc(C)nc(C)c2C)cc1.Cc1nc(C)c(C)c(O[C@@H](C)c2ccc(C(=O)O)cc2)n1.O.S.S.[Li+].[OH-]. The van der Waals surface area contributed by atoms with Gasteiger partial charge in [0.05, 0.1) is 18.2 Å². The molecule has 258 valence electrons. The molecule has 2 aromatic heterocycles. The fourth-order valence-corrected chi connectivity index (χ4v) is 4.08. The number of hydrogen-bond acceptors (Lipinski definition) is 10. The van der Waals surface area contributed by atoms with Crippen molar-refractivity contribution in [3.05, 3.63) is 105 Å². The van der Waals surface area contributed by atoms with Crippen LogP contribution in [0.4, 0.5) is 0 Å². The van der Waals surface area contributed by atoms with Crippen LogP contribution in [0.15, 0.2) is 48.5 Å². The zero-order valence-corrected chi connectivity index (χ0v) is 31.0. The van der Waals surface area contributed by atoms with Gasteiger partial charge in [-0.15, -0.1) is 0 Å². The van der Waals surface area contributed by atoms with Crippen molar-refractivity contribution in [1.29, 1.82) is 0 Å². The number of esters is 1. The van der Waals surface area contributed by atoms with Crippen molar-refractivity contribution in [3.8, 4) is 11.8 Å². The number of benzene rings is 2.